The quantitative estimate of drug-likeness (QED) is 0.542. The predicted molar refractivity (Wildman–Crippen MR) is 118 cm³/mol. The van der Waals surface area contributed by atoms with Crippen molar-refractivity contribution in [1.29, 1.82) is 0 Å². The number of fused-ring (bicyclic) bond motifs is 2. The van der Waals surface area contributed by atoms with Crippen LogP contribution in [0.5, 0.6) is 0 Å². The van der Waals surface area contributed by atoms with E-state index in [2.05, 4.69) is 27.0 Å². The molecular weight excluding hydrogens is 379 g/mol. The summed E-state index contributed by atoms with van der Waals surface area (Å²) in [4.78, 5) is 21.6. The van der Waals surface area contributed by atoms with Crippen molar-refractivity contribution in [3.63, 3.8) is 0 Å². The van der Waals surface area contributed by atoms with Gasteiger partial charge in [-0.15, -0.1) is 0 Å². The van der Waals surface area contributed by atoms with Gasteiger partial charge in [-0.3, -0.25) is 9.69 Å². The maximum absolute atomic E-state index is 13.3. The number of unbranched alkanes of at least 4 members (excludes halogenated alkanes) is 1. The summed E-state index contributed by atoms with van der Waals surface area (Å²) in [5.74, 6) is 2.11. The Morgan fingerprint density at radius 3 is 2.87 bits per heavy atom. The predicted octanol–water partition coefficient (Wildman–Crippen LogP) is 3.85. The number of aromatic nitrogens is 1. The van der Waals surface area contributed by atoms with Gasteiger partial charge in [0, 0.05) is 38.1 Å². The molecule has 2 saturated carbocycles. The highest BCUT2D eigenvalue weighted by atomic mass is 19.1. The first-order valence-electron chi connectivity index (χ1n) is 11.9. The van der Waals surface area contributed by atoms with Gasteiger partial charge in [0.15, 0.2) is 0 Å². The van der Waals surface area contributed by atoms with Crippen molar-refractivity contribution in [3.8, 4) is 0 Å². The van der Waals surface area contributed by atoms with Crippen LogP contribution in [-0.4, -0.2) is 55.1 Å². The van der Waals surface area contributed by atoms with E-state index in [1.165, 1.54) is 25.3 Å². The van der Waals surface area contributed by atoms with Gasteiger partial charge in [0.25, 0.3) is 0 Å². The highest BCUT2D eigenvalue weighted by Crippen LogP contribution is 2.51. The Bertz CT molecular complexity index is 717. The lowest BCUT2D eigenvalue weighted by Gasteiger charge is -2.46. The van der Waals surface area contributed by atoms with Crippen LogP contribution in [0, 0.1) is 23.2 Å². The zero-order valence-corrected chi connectivity index (χ0v) is 18.4. The van der Waals surface area contributed by atoms with Gasteiger partial charge < -0.3 is 10.2 Å². The van der Waals surface area contributed by atoms with Crippen LogP contribution in [0.1, 0.15) is 58.3 Å². The second kappa shape index (κ2) is 9.63. The fourth-order valence-electron chi connectivity index (χ4n) is 6.11. The van der Waals surface area contributed by atoms with Crippen molar-refractivity contribution >= 4 is 11.7 Å². The molecule has 3 fully saturated rings. The standard InChI is InChI=1S/C24H37FN4O/c1-19-16-20-6-5-9-24(17-19,18-20)23(30)26-10-2-3-11-28-12-14-29(15-13-28)22-8-4-7-21(25)27-22/h4,7-8,19-20H,2-3,5-6,9-18H2,1H3,(H,26,30). The maximum Gasteiger partial charge on any atom is 0.226 e. The van der Waals surface area contributed by atoms with Gasteiger partial charge >= 0.3 is 0 Å². The summed E-state index contributed by atoms with van der Waals surface area (Å²) in [5, 5.41) is 3.28. The Hall–Kier alpha value is -1.69. The minimum atomic E-state index is -0.414. The van der Waals surface area contributed by atoms with Gasteiger partial charge in [0.1, 0.15) is 5.82 Å². The van der Waals surface area contributed by atoms with Crippen LogP contribution in [-0.2, 0) is 4.79 Å². The van der Waals surface area contributed by atoms with Gasteiger partial charge in [-0.2, -0.15) is 4.39 Å². The minimum Gasteiger partial charge on any atom is -0.356 e. The molecule has 1 amide bonds. The van der Waals surface area contributed by atoms with Crippen LogP contribution in [0.2, 0.25) is 0 Å². The molecule has 1 aromatic rings. The summed E-state index contributed by atoms with van der Waals surface area (Å²) in [6.07, 6.45) is 9.29. The molecule has 5 nitrogen and oxygen atoms in total. The Morgan fingerprint density at radius 1 is 1.23 bits per heavy atom. The first-order valence-corrected chi connectivity index (χ1v) is 11.9. The summed E-state index contributed by atoms with van der Waals surface area (Å²) in [5.41, 5.74) is -0.0676. The molecule has 1 saturated heterocycles. The Morgan fingerprint density at radius 2 is 2.07 bits per heavy atom. The number of carbonyl (C=O) groups is 1. The molecule has 1 N–H and O–H groups in total. The van der Waals surface area contributed by atoms with Crippen molar-refractivity contribution in [2.75, 3.05) is 44.2 Å². The Labute approximate surface area is 180 Å². The van der Waals surface area contributed by atoms with Crippen LogP contribution in [0.15, 0.2) is 18.2 Å². The number of halogens is 1. The van der Waals surface area contributed by atoms with Gasteiger partial charge in [0.05, 0.1) is 0 Å². The molecule has 166 valence electrons. The Balaban J connectivity index is 1.13. The van der Waals surface area contributed by atoms with E-state index in [0.717, 1.165) is 83.1 Å². The summed E-state index contributed by atoms with van der Waals surface area (Å²) in [7, 11) is 0. The number of hydrogen-bond donors (Lipinski definition) is 1. The van der Waals surface area contributed by atoms with Crippen molar-refractivity contribution in [3.05, 3.63) is 24.1 Å². The van der Waals surface area contributed by atoms with E-state index in [4.69, 9.17) is 0 Å². The summed E-state index contributed by atoms with van der Waals surface area (Å²) in [6, 6.07) is 4.99. The third-order valence-corrected chi connectivity index (χ3v) is 7.49. The van der Waals surface area contributed by atoms with E-state index in [9.17, 15) is 9.18 Å². The minimum absolute atomic E-state index is 0.0676. The molecule has 30 heavy (non-hydrogen) atoms. The Kier molecular flexibility index (Phi) is 6.91. The van der Waals surface area contributed by atoms with Crippen LogP contribution < -0.4 is 10.2 Å². The van der Waals surface area contributed by atoms with E-state index in [1.807, 2.05) is 6.07 Å². The number of nitrogens with zero attached hydrogens (tertiary/aromatic N) is 3. The number of hydrogen-bond acceptors (Lipinski definition) is 4. The van der Waals surface area contributed by atoms with Crippen LogP contribution in [0.3, 0.4) is 0 Å². The number of piperazine rings is 1. The maximum atomic E-state index is 13.3. The largest absolute Gasteiger partial charge is 0.356 e. The van der Waals surface area contributed by atoms with Crippen LogP contribution >= 0.6 is 0 Å². The second-order valence-corrected chi connectivity index (χ2v) is 9.90. The molecule has 0 spiro atoms. The first kappa shape index (κ1) is 21.5. The number of pyridine rings is 1. The molecule has 2 heterocycles. The monoisotopic (exact) mass is 416 g/mol. The van der Waals surface area contributed by atoms with E-state index in [0.29, 0.717) is 11.8 Å². The number of rotatable bonds is 7. The first-order chi connectivity index (χ1) is 14.5. The number of nitrogens with one attached hydrogen (secondary N) is 1. The molecule has 0 radical (unpaired) electrons. The normalized spacial score (nSPS) is 29.6. The molecule has 3 unspecified atom stereocenters. The van der Waals surface area contributed by atoms with Gasteiger partial charge in [0.2, 0.25) is 11.9 Å². The topological polar surface area (TPSA) is 48.5 Å². The second-order valence-electron chi connectivity index (χ2n) is 9.90. The average molecular weight is 417 g/mol. The van der Waals surface area contributed by atoms with Crippen molar-refractivity contribution in [2.45, 2.75) is 58.3 Å². The smallest absolute Gasteiger partial charge is 0.226 e. The molecular formula is C24H37FN4O. The van der Waals surface area contributed by atoms with E-state index >= 15 is 0 Å². The lowest BCUT2D eigenvalue weighted by Crippen LogP contribution is -2.48. The lowest BCUT2D eigenvalue weighted by atomic mass is 9.59. The third-order valence-electron chi connectivity index (χ3n) is 7.49. The van der Waals surface area contributed by atoms with Crippen LogP contribution in [0.4, 0.5) is 10.2 Å². The number of amides is 1. The fourth-order valence-corrected chi connectivity index (χ4v) is 6.11. The third kappa shape index (κ3) is 5.13. The number of anilines is 1. The molecule has 1 aromatic heterocycles. The van der Waals surface area contributed by atoms with Crippen molar-refractivity contribution < 1.29 is 9.18 Å². The van der Waals surface area contributed by atoms with Gasteiger partial charge in [-0.05, 0) is 69.0 Å². The highest BCUT2D eigenvalue weighted by Gasteiger charge is 2.46. The van der Waals surface area contributed by atoms with E-state index in [1.54, 1.807) is 6.07 Å². The zero-order chi connectivity index (χ0) is 21.0. The van der Waals surface area contributed by atoms with Gasteiger partial charge in [-0.25, -0.2) is 4.98 Å². The molecule has 1 aliphatic heterocycles. The zero-order valence-electron chi connectivity index (χ0n) is 18.4. The van der Waals surface area contributed by atoms with E-state index in [-0.39, 0.29) is 5.41 Å². The fraction of sp³-hybridized carbons (Fsp3) is 0.750. The molecule has 4 rings (SSSR count). The highest BCUT2D eigenvalue weighted by molar-refractivity contribution is 5.82. The number of carbonyl (C=O) groups excluding carboxylic acids is 1. The summed E-state index contributed by atoms with van der Waals surface area (Å²) >= 11 is 0. The molecule has 0 aromatic carbocycles. The summed E-state index contributed by atoms with van der Waals surface area (Å²) < 4.78 is 13.3. The van der Waals surface area contributed by atoms with Crippen molar-refractivity contribution in [2.24, 2.45) is 17.3 Å². The molecule has 2 bridgehead atoms. The van der Waals surface area contributed by atoms with Crippen molar-refractivity contribution in [1.82, 2.24) is 15.2 Å². The SMILES string of the molecule is CC1CC2CCCC(C(=O)NCCCCN3CCN(c4cccc(F)n4)CC3)(C1)C2. The average Bonchev–Trinajstić information content (AvgIpc) is 2.73. The lowest BCUT2D eigenvalue weighted by molar-refractivity contribution is -0.137. The van der Waals surface area contributed by atoms with Crippen LogP contribution in [0.25, 0.3) is 0 Å². The van der Waals surface area contributed by atoms with E-state index < -0.39 is 5.95 Å². The molecule has 6 heteroatoms. The molecule has 3 aliphatic rings. The van der Waals surface area contributed by atoms with Gasteiger partial charge in [-0.1, -0.05) is 25.8 Å². The summed E-state index contributed by atoms with van der Waals surface area (Å²) in [6.45, 7) is 7.91. The molecule has 2 aliphatic carbocycles. The molecule has 3 atom stereocenters.